The summed E-state index contributed by atoms with van der Waals surface area (Å²) < 4.78 is 45.5. The minimum Gasteiger partial charge on any atom is -0.457 e. The monoisotopic (exact) mass is 444 g/mol. The Hall–Kier alpha value is -3.66. The second-order valence-corrected chi connectivity index (χ2v) is 7.40. The molecule has 1 N–H and O–H groups in total. The number of alkyl halides is 2. The van der Waals surface area contributed by atoms with E-state index < -0.39 is 12.5 Å². The second kappa shape index (κ2) is 8.60. The van der Waals surface area contributed by atoms with Gasteiger partial charge in [-0.3, -0.25) is 14.7 Å². The summed E-state index contributed by atoms with van der Waals surface area (Å²) in [6, 6.07) is 11.9. The zero-order valence-corrected chi connectivity index (χ0v) is 16.9. The molecule has 2 aromatic carbocycles. The van der Waals surface area contributed by atoms with E-state index in [1.54, 1.807) is 31.2 Å². The van der Waals surface area contributed by atoms with Crippen LogP contribution < -0.4 is 10.1 Å². The fraction of sp³-hybridized carbons (Fsp3) is 0.0952. The van der Waals surface area contributed by atoms with Crippen LogP contribution in [0.5, 0.6) is 11.5 Å². The van der Waals surface area contributed by atoms with Gasteiger partial charge in [0.05, 0.1) is 10.6 Å². The van der Waals surface area contributed by atoms with E-state index in [1.165, 1.54) is 36.7 Å². The summed E-state index contributed by atoms with van der Waals surface area (Å²) in [6.07, 6.45) is 2.47. The number of carbonyl (C=O) groups excluding carboxylic acids is 1. The van der Waals surface area contributed by atoms with Gasteiger partial charge in [-0.25, -0.2) is 14.4 Å². The summed E-state index contributed by atoms with van der Waals surface area (Å²) in [6.45, 7) is -1.07. The Kier molecular flexibility index (Phi) is 5.72. The molecule has 10 heteroatoms. The van der Waals surface area contributed by atoms with Gasteiger partial charge in [-0.05, 0) is 55.5 Å². The lowest BCUT2D eigenvalue weighted by molar-refractivity contribution is 0.0720. The van der Waals surface area contributed by atoms with Crippen molar-refractivity contribution in [1.82, 2.24) is 14.5 Å². The summed E-state index contributed by atoms with van der Waals surface area (Å²) >= 11 is 1.06. The Morgan fingerprint density at radius 2 is 1.74 bits per heavy atom. The predicted octanol–water partition coefficient (Wildman–Crippen LogP) is 5.89. The fourth-order valence-corrected chi connectivity index (χ4v) is 3.75. The Morgan fingerprint density at radius 1 is 1.10 bits per heavy atom. The Morgan fingerprint density at radius 3 is 2.39 bits per heavy atom. The Labute approximate surface area is 179 Å². The smallest absolute Gasteiger partial charge is 0.320 e. The van der Waals surface area contributed by atoms with Crippen LogP contribution in [0.1, 0.15) is 22.6 Å². The molecule has 0 unspecified atom stereocenters. The lowest BCUT2D eigenvalue weighted by Gasteiger charge is -2.07. The third kappa shape index (κ3) is 4.58. The summed E-state index contributed by atoms with van der Waals surface area (Å²) in [4.78, 5) is 21.2. The van der Waals surface area contributed by atoms with Crippen molar-refractivity contribution in [2.24, 2.45) is 0 Å². The van der Waals surface area contributed by atoms with Crippen molar-refractivity contribution in [1.29, 1.82) is 0 Å². The van der Waals surface area contributed by atoms with Crippen LogP contribution in [0.2, 0.25) is 0 Å². The first-order valence-electron chi connectivity index (χ1n) is 9.04. The van der Waals surface area contributed by atoms with Gasteiger partial charge in [0.15, 0.2) is 11.0 Å². The van der Waals surface area contributed by atoms with Crippen molar-refractivity contribution in [3.8, 4) is 22.2 Å². The van der Waals surface area contributed by atoms with Gasteiger partial charge < -0.3 is 4.74 Å². The molecule has 31 heavy (non-hydrogen) atoms. The summed E-state index contributed by atoms with van der Waals surface area (Å²) in [7, 11) is 0. The third-order valence-corrected chi connectivity index (χ3v) is 5.33. The first-order chi connectivity index (χ1) is 14.9. The van der Waals surface area contributed by atoms with E-state index in [4.69, 9.17) is 4.74 Å². The molecule has 0 saturated heterocycles. The number of aromatic nitrogens is 3. The number of nitrogens with zero attached hydrogens (tertiary/aromatic N) is 3. The number of benzene rings is 2. The molecule has 0 aliphatic heterocycles. The highest BCUT2D eigenvalue weighted by molar-refractivity contribution is 7.19. The van der Waals surface area contributed by atoms with Crippen LogP contribution in [-0.2, 0) is 0 Å². The number of halogens is 3. The number of carbonyl (C=O) groups is 1. The van der Waals surface area contributed by atoms with E-state index in [-0.39, 0.29) is 16.8 Å². The minimum absolute atomic E-state index is 0.0905. The molecule has 0 radical (unpaired) electrons. The van der Waals surface area contributed by atoms with Crippen molar-refractivity contribution in [3.05, 3.63) is 78.0 Å². The summed E-state index contributed by atoms with van der Waals surface area (Å²) in [5, 5.41) is 2.94. The highest BCUT2D eigenvalue weighted by Gasteiger charge is 2.19. The third-order valence-electron chi connectivity index (χ3n) is 4.26. The van der Waals surface area contributed by atoms with E-state index in [1.807, 2.05) is 0 Å². The maximum Gasteiger partial charge on any atom is 0.320 e. The van der Waals surface area contributed by atoms with Crippen LogP contribution in [0, 0.1) is 12.7 Å². The number of nitrogens with one attached hydrogen (secondary N) is 1. The van der Waals surface area contributed by atoms with Crippen LogP contribution in [0.15, 0.2) is 60.9 Å². The Balaban J connectivity index is 1.46. The maximum absolute atomic E-state index is 13.1. The molecule has 6 nitrogen and oxygen atoms in total. The largest absolute Gasteiger partial charge is 0.457 e. The standard InChI is InChI=1S/C21H15F3N4O2S/c1-12-17(18-25-10-11-28(18)20(23)24)31-21(26-12)27-19(29)13-2-6-15(7-3-13)30-16-8-4-14(22)5-9-16/h2-11,20H,1H3,(H,26,27,29). The quantitative estimate of drug-likeness (QED) is 0.402. The number of anilines is 1. The highest BCUT2D eigenvalue weighted by Crippen LogP contribution is 2.33. The van der Waals surface area contributed by atoms with Crippen molar-refractivity contribution < 1.29 is 22.7 Å². The number of hydrogen-bond donors (Lipinski definition) is 1. The summed E-state index contributed by atoms with van der Waals surface area (Å²) in [5.41, 5.74) is 0.839. The molecule has 0 atom stereocenters. The van der Waals surface area contributed by atoms with Gasteiger partial charge in [0, 0.05) is 18.0 Å². The van der Waals surface area contributed by atoms with Gasteiger partial charge in [0.1, 0.15) is 17.3 Å². The average molecular weight is 444 g/mol. The lowest BCUT2D eigenvalue weighted by Crippen LogP contribution is -2.11. The van der Waals surface area contributed by atoms with E-state index in [9.17, 15) is 18.0 Å². The molecule has 0 aliphatic carbocycles. The van der Waals surface area contributed by atoms with E-state index in [2.05, 4.69) is 15.3 Å². The maximum atomic E-state index is 13.1. The number of amides is 1. The molecule has 158 valence electrons. The molecule has 0 saturated carbocycles. The molecule has 0 spiro atoms. The number of imidazole rings is 1. The fourth-order valence-electron chi connectivity index (χ4n) is 2.79. The van der Waals surface area contributed by atoms with Gasteiger partial charge in [-0.15, -0.1) is 0 Å². The number of hydrogen-bond acceptors (Lipinski definition) is 5. The Bertz CT molecular complexity index is 1200. The molecular formula is C21H15F3N4O2S. The van der Waals surface area contributed by atoms with E-state index in [0.29, 0.717) is 27.6 Å². The van der Waals surface area contributed by atoms with Crippen molar-refractivity contribution >= 4 is 22.4 Å². The molecule has 4 aromatic rings. The number of aryl methyl sites for hydroxylation is 1. The van der Waals surface area contributed by atoms with Gasteiger partial charge in [0.2, 0.25) is 0 Å². The molecule has 0 fully saturated rings. The molecular weight excluding hydrogens is 429 g/mol. The first kappa shape index (κ1) is 20.6. The topological polar surface area (TPSA) is 69.0 Å². The van der Waals surface area contributed by atoms with Gasteiger partial charge in [-0.2, -0.15) is 8.78 Å². The van der Waals surface area contributed by atoms with Crippen LogP contribution in [0.25, 0.3) is 10.7 Å². The van der Waals surface area contributed by atoms with E-state index in [0.717, 1.165) is 15.9 Å². The number of ether oxygens (including phenoxy) is 1. The minimum atomic E-state index is -2.73. The van der Waals surface area contributed by atoms with Gasteiger partial charge >= 0.3 is 6.55 Å². The highest BCUT2D eigenvalue weighted by atomic mass is 32.1. The molecule has 2 aromatic heterocycles. The van der Waals surface area contributed by atoms with E-state index >= 15 is 0 Å². The number of rotatable bonds is 6. The van der Waals surface area contributed by atoms with Crippen LogP contribution in [0.4, 0.5) is 18.3 Å². The zero-order chi connectivity index (χ0) is 22.0. The van der Waals surface area contributed by atoms with Crippen molar-refractivity contribution in [2.75, 3.05) is 5.32 Å². The molecule has 0 aliphatic rings. The van der Waals surface area contributed by atoms with Gasteiger partial charge in [-0.1, -0.05) is 11.3 Å². The lowest BCUT2D eigenvalue weighted by atomic mass is 10.2. The van der Waals surface area contributed by atoms with Gasteiger partial charge in [0.25, 0.3) is 5.91 Å². The molecule has 1 amide bonds. The normalized spacial score (nSPS) is 11.0. The molecule has 4 rings (SSSR count). The SMILES string of the molecule is Cc1nc(NC(=O)c2ccc(Oc3ccc(F)cc3)cc2)sc1-c1nccn1C(F)F. The van der Waals surface area contributed by atoms with Crippen LogP contribution >= 0.6 is 11.3 Å². The van der Waals surface area contributed by atoms with Crippen LogP contribution in [-0.4, -0.2) is 20.4 Å². The first-order valence-corrected chi connectivity index (χ1v) is 9.86. The van der Waals surface area contributed by atoms with Crippen molar-refractivity contribution in [3.63, 3.8) is 0 Å². The average Bonchev–Trinajstić information content (AvgIpc) is 3.36. The number of thiazole rings is 1. The zero-order valence-electron chi connectivity index (χ0n) is 16.1. The van der Waals surface area contributed by atoms with Crippen molar-refractivity contribution in [2.45, 2.75) is 13.5 Å². The summed E-state index contributed by atoms with van der Waals surface area (Å²) in [5.74, 6) is 0.262. The predicted molar refractivity (Wildman–Crippen MR) is 110 cm³/mol. The van der Waals surface area contributed by atoms with Crippen LogP contribution in [0.3, 0.4) is 0 Å². The molecule has 0 bridgehead atoms. The molecule has 2 heterocycles. The second-order valence-electron chi connectivity index (χ2n) is 6.40.